The summed E-state index contributed by atoms with van der Waals surface area (Å²) in [6, 6.07) is 2.33. The summed E-state index contributed by atoms with van der Waals surface area (Å²) in [6.07, 6.45) is 0.980. The Labute approximate surface area is 127 Å². The van der Waals surface area contributed by atoms with Crippen LogP contribution in [0, 0.1) is 6.92 Å². The third-order valence-corrected chi connectivity index (χ3v) is 3.83. The number of aryl methyl sites for hydroxylation is 1. The molecule has 0 aromatic carbocycles. The monoisotopic (exact) mass is 293 g/mol. The van der Waals surface area contributed by atoms with Crippen LogP contribution in [0.1, 0.15) is 26.0 Å². The minimum atomic E-state index is 0.439. The zero-order valence-electron chi connectivity index (χ0n) is 13.4. The third-order valence-electron chi connectivity index (χ3n) is 3.83. The van der Waals surface area contributed by atoms with Crippen molar-refractivity contribution >= 4 is 5.95 Å². The molecule has 0 radical (unpaired) electrons. The number of ether oxygens (including phenoxy) is 1. The molecule has 2 N–H and O–H groups in total. The smallest absolute Gasteiger partial charge is 0.228 e. The molecule has 118 valence electrons. The van der Waals surface area contributed by atoms with Crippen molar-refractivity contribution in [2.45, 2.75) is 33.2 Å². The fourth-order valence-corrected chi connectivity index (χ4v) is 2.46. The normalized spacial score (nSPS) is 17.8. The van der Waals surface area contributed by atoms with Crippen LogP contribution in [0.5, 0.6) is 5.88 Å². The highest BCUT2D eigenvalue weighted by Crippen LogP contribution is 2.17. The summed E-state index contributed by atoms with van der Waals surface area (Å²) >= 11 is 0. The Hall–Kier alpha value is -1.40. The summed E-state index contributed by atoms with van der Waals surface area (Å²) in [5.74, 6) is 1.46. The lowest BCUT2D eigenvalue weighted by molar-refractivity contribution is 0.200. The van der Waals surface area contributed by atoms with E-state index < -0.39 is 0 Å². The van der Waals surface area contributed by atoms with E-state index in [4.69, 9.17) is 10.5 Å². The van der Waals surface area contributed by atoms with Gasteiger partial charge in [-0.3, -0.25) is 4.90 Å². The lowest BCUT2D eigenvalue weighted by Crippen LogP contribution is -2.51. The molecule has 1 unspecified atom stereocenters. The zero-order valence-corrected chi connectivity index (χ0v) is 13.4. The average molecular weight is 293 g/mol. The number of piperazine rings is 1. The summed E-state index contributed by atoms with van der Waals surface area (Å²) in [7, 11) is 0. The Bertz CT molecular complexity index is 446. The van der Waals surface area contributed by atoms with Crippen molar-refractivity contribution in [3.05, 3.63) is 11.8 Å². The topological polar surface area (TPSA) is 67.5 Å². The summed E-state index contributed by atoms with van der Waals surface area (Å²) in [5, 5.41) is 0. The first-order valence-corrected chi connectivity index (χ1v) is 7.81. The van der Waals surface area contributed by atoms with Crippen molar-refractivity contribution in [2.75, 3.05) is 44.2 Å². The van der Waals surface area contributed by atoms with Gasteiger partial charge in [0.25, 0.3) is 0 Å². The first-order valence-electron chi connectivity index (χ1n) is 7.81. The van der Waals surface area contributed by atoms with Gasteiger partial charge in [0, 0.05) is 50.5 Å². The van der Waals surface area contributed by atoms with Crippen molar-refractivity contribution in [3.8, 4) is 5.88 Å². The molecule has 2 rings (SSSR count). The minimum absolute atomic E-state index is 0.439. The van der Waals surface area contributed by atoms with Crippen LogP contribution in [0.3, 0.4) is 0 Å². The SMILES string of the molecule is CCCOc1cc(C)nc(N2CCN(C(C)CN)CC2)n1. The Morgan fingerprint density at radius 3 is 2.62 bits per heavy atom. The lowest BCUT2D eigenvalue weighted by Gasteiger charge is -2.37. The van der Waals surface area contributed by atoms with E-state index in [9.17, 15) is 0 Å². The molecule has 1 aliphatic heterocycles. The summed E-state index contributed by atoms with van der Waals surface area (Å²) < 4.78 is 5.64. The second-order valence-corrected chi connectivity index (χ2v) is 5.60. The van der Waals surface area contributed by atoms with Gasteiger partial charge >= 0.3 is 0 Å². The molecule has 0 spiro atoms. The van der Waals surface area contributed by atoms with E-state index in [-0.39, 0.29) is 0 Å². The van der Waals surface area contributed by atoms with Gasteiger partial charge < -0.3 is 15.4 Å². The van der Waals surface area contributed by atoms with Crippen LogP contribution < -0.4 is 15.4 Å². The Kier molecular flexibility index (Phi) is 5.76. The number of aromatic nitrogens is 2. The van der Waals surface area contributed by atoms with E-state index in [0.29, 0.717) is 25.1 Å². The van der Waals surface area contributed by atoms with Crippen molar-refractivity contribution in [3.63, 3.8) is 0 Å². The van der Waals surface area contributed by atoms with Crippen LogP contribution in [0.4, 0.5) is 5.95 Å². The molecule has 1 saturated heterocycles. The number of nitrogens with two attached hydrogens (primary N) is 1. The summed E-state index contributed by atoms with van der Waals surface area (Å²) in [5.41, 5.74) is 6.69. The van der Waals surface area contributed by atoms with Crippen molar-refractivity contribution in [2.24, 2.45) is 5.73 Å². The number of hydrogen-bond donors (Lipinski definition) is 1. The number of hydrogen-bond acceptors (Lipinski definition) is 6. The second kappa shape index (κ2) is 7.56. The van der Waals surface area contributed by atoms with Crippen LogP contribution in [0.15, 0.2) is 6.07 Å². The first-order chi connectivity index (χ1) is 10.1. The van der Waals surface area contributed by atoms with E-state index in [1.165, 1.54) is 0 Å². The maximum atomic E-state index is 5.74. The Balaban J connectivity index is 2.01. The standard InChI is InChI=1S/C15H27N5O/c1-4-9-21-14-10-12(2)17-15(18-14)20-7-5-19(6-8-20)13(3)11-16/h10,13H,4-9,11,16H2,1-3H3. The minimum Gasteiger partial charge on any atom is -0.478 e. The summed E-state index contributed by atoms with van der Waals surface area (Å²) in [4.78, 5) is 13.7. The molecular formula is C15H27N5O. The maximum Gasteiger partial charge on any atom is 0.228 e. The van der Waals surface area contributed by atoms with Gasteiger partial charge in [-0.2, -0.15) is 4.98 Å². The van der Waals surface area contributed by atoms with Gasteiger partial charge in [0.05, 0.1) is 6.61 Å². The molecule has 21 heavy (non-hydrogen) atoms. The predicted octanol–water partition coefficient (Wildman–Crippen LogP) is 1.04. The van der Waals surface area contributed by atoms with Crippen LogP contribution in [-0.4, -0.2) is 60.2 Å². The molecule has 1 aromatic rings. The lowest BCUT2D eigenvalue weighted by atomic mass is 10.2. The molecular weight excluding hydrogens is 266 g/mol. The van der Waals surface area contributed by atoms with E-state index in [1.54, 1.807) is 0 Å². The third kappa shape index (κ3) is 4.28. The number of anilines is 1. The van der Waals surface area contributed by atoms with E-state index >= 15 is 0 Å². The highest BCUT2D eigenvalue weighted by Gasteiger charge is 2.22. The van der Waals surface area contributed by atoms with E-state index in [0.717, 1.165) is 44.2 Å². The molecule has 1 aliphatic rings. The molecule has 0 bridgehead atoms. The van der Waals surface area contributed by atoms with E-state index in [1.807, 2.05) is 13.0 Å². The maximum absolute atomic E-state index is 5.74. The van der Waals surface area contributed by atoms with Crippen LogP contribution in [0.2, 0.25) is 0 Å². The van der Waals surface area contributed by atoms with Gasteiger partial charge in [0.15, 0.2) is 0 Å². The Morgan fingerprint density at radius 2 is 2.00 bits per heavy atom. The molecule has 0 amide bonds. The molecule has 6 nitrogen and oxygen atoms in total. The zero-order chi connectivity index (χ0) is 15.2. The average Bonchev–Trinajstić information content (AvgIpc) is 2.51. The number of rotatable bonds is 6. The van der Waals surface area contributed by atoms with Gasteiger partial charge in [-0.05, 0) is 20.3 Å². The molecule has 1 aromatic heterocycles. The molecule has 2 heterocycles. The van der Waals surface area contributed by atoms with Crippen LogP contribution in [-0.2, 0) is 0 Å². The van der Waals surface area contributed by atoms with Gasteiger partial charge in [-0.1, -0.05) is 6.92 Å². The second-order valence-electron chi connectivity index (χ2n) is 5.60. The van der Waals surface area contributed by atoms with Gasteiger partial charge in [0.2, 0.25) is 11.8 Å². The van der Waals surface area contributed by atoms with Crippen LogP contribution in [0.25, 0.3) is 0 Å². The summed E-state index contributed by atoms with van der Waals surface area (Å²) in [6.45, 7) is 11.5. The molecule has 1 atom stereocenters. The van der Waals surface area contributed by atoms with Gasteiger partial charge in [-0.25, -0.2) is 4.98 Å². The highest BCUT2D eigenvalue weighted by molar-refractivity contribution is 5.35. The largest absolute Gasteiger partial charge is 0.478 e. The van der Waals surface area contributed by atoms with Gasteiger partial charge in [0.1, 0.15) is 0 Å². The predicted molar refractivity (Wildman–Crippen MR) is 84.9 cm³/mol. The van der Waals surface area contributed by atoms with Crippen molar-refractivity contribution in [1.29, 1.82) is 0 Å². The number of nitrogens with zero attached hydrogens (tertiary/aromatic N) is 4. The molecule has 1 fully saturated rings. The Morgan fingerprint density at radius 1 is 1.29 bits per heavy atom. The quantitative estimate of drug-likeness (QED) is 0.845. The van der Waals surface area contributed by atoms with Crippen molar-refractivity contribution < 1.29 is 4.74 Å². The fourth-order valence-electron chi connectivity index (χ4n) is 2.46. The van der Waals surface area contributed by atoms with Gasteiger partial charge in [-0.15, -0.1) is 0 Å². The molecule has 0 saturated carbocycles. The first kappa shape index (κ1) is 16.0. The van der Waals surface area contributed by atoms with Crippen molar-refractivity contribution in [1.82, 2.24) is 14.9 Å². The molecule has 6 heteroatoms. The fraction of sp³-hybridized carbons (Fsp3) is 0.733. The highest BCUT2D eigenvalue weighted by atomic mass is 16.5. The van der Waals surface area contributed by atoms with Crippen LogP contribution >= 0.6 is 0 Å². The molecule has 0 aliphatic carbocycles. The van der Waals surface area contributed by atoms with E-state index in [2.05, 4.69) is 33.6 Å².